The van der Waals surface area contributed by atoms with Gasteiger partial charge < -0.3 is 9.84 Å². The van der Waals surface area contributed by atoms with E-state index in [1.807, 2.05) is 0 Å². The van der Waals surface area contributed by atoms with E-state index in [1.54, 1.807) is 0 Å². The molecule has 2 rings (SSSR count). The minimum atomic E-state index is -0.953. The second kappa shape index (κ2) is 8.61. The molecule has 0 bridgehead atoms. The number of aryl methyl sites for hydroxylation is 3. The Bertz CT molecular complexity index is 530. The number of aromatic nitrogens is 1. The van der Waals surface area contributed by atoms with Crippen LogP contribution in [0, 0.1) is 5.92 Å². The maximum atomic E-state index is 11.8. The van der Waals surface area contributed by atoms with Gasteiger partial charge in [-0.1, -0.05) is 26.7 Å². The summed E-state index contributed by atoms with van der Waals surface area (Å²) in [7, 11) is 1.39. The van der Waals surface area contributed by atoms with E-state index >= 15 is 0 Å². The summed E-state index contributed by atoms with van der Waals surface area (Å²) in [5.74, 6) is -0.114. The molecular formula is C20H31NO3. The molecule has 1 fully saturated rings. The van der Waals surface area contributed by atoms with Gasteiger partial charge in [-0.3, -0.25) is 9.78 Å². The van der Waals surface area contributed by atoms with Gasteiger partial charge in [0.05, 0.1) is 19.1 Å². The van der Waals surface area contributed by atoms with Gasteiger partial charge in [0.1, 0.15) is 0 Å². The lowest BCUT2D eigenvalue weighted by Gasteiger charge is -2.33. The van der Waals surface area contributed by atoms with Crippen molar-refractivity contribution in [1.82, 2.24) is 4.98 Å². The van der Waals surface area contributed by atoms with Crippen LogP contribution in [0.25, 0.3) is 0 Å². The van der Waals surface area contributed by atoms with Gasteiger partial charge in [0.15, 0.2) is 0 Å². The monoisotopic (exact) mass is 333 g/mol. The molecule has 0 aromatic carbocycles. The highest BCUT2D eigenvalue weighted by Gasteiger charge is 2.40. The zero-order chi connectivity index (χ0) is 17.6. The van der Waals surface area contributed by atoms with E-state index in [0.29, 0.717) is 6.42 Å². The summed E-state index contributed by atoms with van der Waals surface area (Å²) in [5.41, 5.74) is 2.45. The van der Waals surface area contributed by atoms with Gasteiger partial charge in [-0.15, -0.1) is 0 Å². The Morgan fingerprint density at radius 2 is 1.83 bits per heavy atom. The Balaban J connectivity index is 2.13. The van der Waals surface area contributed by atoms with Gasteiger partial charge >= 0.3 is 5.97 Å². The summed E-state index contributed by atoms with van der Waals surface area (Å²) in [5, 5.41) is 11.2. The third kappa shape index (κ3) is 4.79. The molecule has 1 N–H and O–H groups in total. The second-order valence-electron chi connectivity index (χ2n) is 7.00. The summed E-state index contributed by atoms with van der Waals surface area (Å²) in [6, 6.07) is 4.26. The molecule has 1 aromatic rings. The van der Waals surface area contributed by atoms with Crippen LogP contribution < -0.4 is 0 Å². The van der Waals surface area contributed by atoms with Gasteiger partial charge in [-0.25, -0.2) is 0 Å². The van der Waals surface area contributed by atoms with Crippen LogP contribution in [-0.2, 0) is 28.8 Å². The van der Waals surface area contributed by atoms with Crippen LogP contribution in [0.3, 0.4) is 0 Å². The Kier molecular flexibility index (Phi) is 6.79. The molecule has 4 heteroatoms. The molecule has 1 saturated carbocycles. The van der Waals surface area contributed by atoms with Crippen molar-refractivity contribution < 1.29 is 14.6 Å². The fraction of sp³-hybridized carbons (Fsp3) is 0.700. The molecule has 0 unspecified atom stereocenters. The predicted molar refractivity (Wildman–Crippen MR) is 94.9 cm³/mol. The number of ether oxygens (including phenoxy) is 1. The maximum Gasteiger partial charge on any atom is 0.308 e. The smallest absolute Gasteiger partial charge is 0.308 e. The lowest BCUT2D eigenvalue weighted by Crippen LogP contribution is -2.40. The van der Waals surface area contributed by atoms with E-state index < -0.39 is 5.60 Å². The summed E-state index contributed by atoms with van der Waals surface area (Å²) in [4.78, 5) is 16.4. The van der Waals surface area contributed by atoms with E-state index in [-0.39, 0.29) is 18.3 Å². The van der Waals surface area contributed by atoms with E-state index in [2.05, 4.69) is 31.0 Å². The van der Waals surface area contributed by atoms with Crippen LogP contribution in [0.2, 0.25) is 0 Å². The number of nitrogens with zero attached hydrogens (tertiary/aromatic N) is 1. The molecule has 24 heavy (non-hydrogen) atoms. The fourth-order valence-corrected chi connectivity index (χ4v) is 3.81. The first-order chi connectivity index (χ1) is 11.5. The Labute approximate surface area is 145 Å². The van der Waals surface area contributed by atoms with E-state index in [4.69, 9.17) is 4.74 Å². The average molecular weight is 333 g/mol. The highest BCUT2D eigenvalue weighted by Crippen LogP contribution is 2.39. The van der Waals surface area contributed by atoms with E-state index in [9.17, 15) is 9.90 Å². The van der Waals surface area contributed by atoms with Crippen molar-refractivity contribution in [2.75, 3.05) is 7.11 Å². The third-order valence-corrected chi connectivity index (χ3v) is 5.36. The first-order valence-corrected chi connectivity index (χ1v) is 9.28. The first-order valence-electron chi connectivity index (χ1n) is 9.28. The van der Waals surface area contributed by atoms with Crippen molar-refractivity contribution >= 4 is 5.97 Å². The summed E-state index contributed by atoms with van der Waals surface area (Å²) < 4.78 is 4.82. The largest absolute Gasteiger partial charge is 0.469 e. The molecule has 4 nitrogen and oxygen atoms in total. The quantitative estimate of drug-likeness (QED) is 0.738. The van der Waals surface area contributed by atoms with Crippen molar-refractivity contribution in [2.45, 2.75) is 77.2 Å². The summed E-state index contributed by atoms with van der Waals surface area (Å²) >= 11 is 0. The zero-order valence-electron chi connectivity index (χ0n) is 15.3. The average Bonchev–Trinajstić information content (AvgIpc) is 3.15. The lowest BCUT2D eigenvalue weighted by atomic mass is 9.79. The van der Waals surface area contributed by atoms with Crippen LogP contribution >= 0.6 is 0 Å². The zero-order valence-corrected chi connectivity index (χ0v) is 15.3. The molecule has 1 heterocycles. The number of hydrogen-bond acceptors (Lipinski definition) is 4. The molecule has 0 aliphatic heterocycles. The van der Waals surface area contributed by atoms with Crippen LogP contribution in [0.15, 0.2) is 12.1 Å². The van der Waals surface area contributed by atoms with Crippen LogP contribution in [0.4, 0.5) is 0 Å². The number of methoxy groups -OCH3 is 1. The van der Waals surface area contributed by atoms with Gasteiger partial charge in [0, 0.05) is 11.4 Å². The molecule has 1 atom stereocenters. The van der Waals surface area contributed by atoms with Crippen LogP contribution in [0.5, 0.6) is 0 Å². The molecule has 0 radical (unpaired) electrons. The topological polar surface area (TPSA) is 59.4 Å². The number of rotatable bonds is 8. The fourth-order valence-electron chi connectivity index (χ4n) is 3.81. The third-order valence-electron chi connectivity index (χ3n) is 5.36. The minimum Gasteiger partial charge on any atom is -0.469 e. The van der Waals surface area contributed by atoms with E-state index in [0.717, 1.165) is 56.3 Å². The molecule has 0 saturated heterocycles. The number of hydrogen-bond donors (Lipinski definition) is 1. The van der Waals surface area contributed by atoms with Gasteiger partial charge in [0.25, 0.3) is 0 Å². The molecule has 1 aliphatic carbocycles. The number of carbonyl (C=O) groups is 1. The second-order valence-corrected chi connectivity index (χ2v) is 7.00. The molecular weight excluding hydrogens is 302 g/mol. The predicted octanol–water partition coefficient (Wildman–Crippen LogP) is 3.62. The first kappa shape index (κ1) is 18.9. The number of carbonyl (C=O) groups excluding carboxylic acids is 1. The SMILES string of the molecule is CCc1cc(CC[C@@](O)(CC(=O)OC)C2CCCC2)cc(CC)n1. The summed E-state index contributed by atoms with van der Waals surface area (Å²) in [6.45, 7) is 4.22. The standard InChI is InChI=1S/C20H31NO3/c1-4-17-12-15(13-18(5-2)21-17)10-11-20(23,14-19(22)24-3)16-8-6-7-9-16/h12-13,16,23H,4-11,14H2,1-3H3/t20-/m1/s1. The van der Waals surface area contributed by atoms with Gasteiger partial charge in [-0.05, 0) is 62.1 Å². The molecule has 1 aromatic heterocycles. The Hall–Kier alpha value is -1.42. The van der Waals surface area contributed by atoms with Crippen LogP contribution in [-0.4, -0.2) is 28.8 Å². The summed E-state index contributed by atoms with van der Waals surface area (Å²) in [6.07, 6.45) is 7.59. The molecule has 134 valence electrons. The number of aliphatic hydroxyl groups is 1. The lowest BCUT2D eigenvalue weighted by molar-refractivity contribution is -0.149. The van der Waals surface area contributed by atoms with Gasteiger partial charge in [-0.2, -0.15) is 0 Å². The molecule has 0 amide bonds. The highest BCUT2D eigenvalue weighted by molar-refractivity contribution is 5.70. The van der Waals surface area contributed by atoms with Crippen molar-refractivity contribution in [2.24, 2.45) is 5.92 Å². The highest BCUT2D eigenvalue weighted by atomic mass is 16.5. The Morgan fingerprint density at radius 1 is 1.25 bits per heavy atom. The molecule has 0 spiro atoms. The Morgan fingerprint density at radius 3 is 2.33 bits per heavy atom. The molecule has 1 aliphatic rings. The maximum absolute atomic E-state index is 11.8. The van der Waals surface area contributed by atoms with Crippen molar-refractivity contribution in [3.05, 3.63) is 29.1 Å². The van der Waals surface area contributed by atoms with Crippen molar-refractivity contribution in [1.29, 1.82) is 0 Å². The minimum absolute atomic E-state index is 0.0977. The van der Waals surface area contributed by atoms with Crippen molar-refractivity contribution in [3.8, 4) is 0 Å². The number of pyridine rings is 1. The van der Waals surface area contributed by atoms with Crippen molar-refractivity contribution in [3.63, 3.8) is 0 Å². The normalized spacial score (nSPS) is 17.7. The number of esters is 1. The van der Waals surface area contributed by atoms with E-state index in [1.165, 1.54) is 12.7 Å². The van der Waals surface area contributed by atoms with Crippen LogP contribution in [0.1, 0.15) is 69.3 Å². The van der Waals surface area contributed by atoms with Gasteiger partial charge in [0.2, 0.25) is 0 Å².